The van der Waals surface area contributed by atoms with Crippen LogP contribution >= 0.6 is 0 Å². The second-order valence-electron chi connectivity index (χ2n) is 9.98. The first-order chi connectivity index (χ1) is 15.1. The van der Waals surface area contributed by atoms with Crippen molar-refractivity contribution in [1.82, 2.24) is 4.90 Å². The summed E-state index contributed by atoms with van der Waals surface area (Å²) < 4.78 is 0. The van der Waals surface area contributed by atoms with Crippen molar-refractivity contribution in [2.24, 2.45) is 17.6 Å². The van der Waals surface area contributed by atoms with E-state index in [1.807, 2.05) is 12.1 Å². The van der Waals surface area contributed by atoms with Gasteiger partial charge >= 0.3 is 0 Å². The predicted octanol–water partition coefficient (Wildman–Crippen LogP) is 4.99. The van der Waals surface area contributed by atoms with E-state index in [1.54, 1.807) is 0 Å². The second kappa shape index (κ2) is 10.6. The van der Waals surface area contributed by atoms with Crippen molar-refractivity contribution in [2.45, 2.75) is 102 Å². The molecular weight excluding hydrogens is 386 g/mol. The molecule has 2 atom stereocenters. The zero-order valence-corrected chi connectivity index (χ0v) is 18.9. The van der Waals surface area contributed by atoms with Crippen molar-refractivity contribution in [3.63, 3.8) is 0 Å². The molecule has 0 heterocycles. The van der Waals surface area contributed by atoms with Crippen LogP contribution in [0.25, 0.3) is 0 Å². The molecule has 5 nitrogen and oxygen atoms in total. The fraction of sp³-hybridized carbons (Fsp3) is 0.692. The van der Waals surface area contributed by atoms with Gasteiger partial charge in [0, 0.05) is 36.2 Å². The van der Waals surface area contributed by atoms with Crippen molar-refractivity contribution in [3.05, 3.63) is 29.8 Å². The zero-order chi connectivity index (χ0) is 21.6. The highest BCUT2D eigenvalue weighted by Crippen LogP contribution is 2.31. The number of nitrogens with zero attached hydrogens (tertiary/aromatic N) is 1. The minimum absolute atomic E-state index is 0.0752. The van der Waals surface area contributed by atoms with Crippen LogP contribution in [-0.2, 0) is 16.1 Å². The van der Waals surface area contributed by atoms with Crippen LogP contribution in [0.5, 0.6) is 0 Å². The van der Waals surface area contributed by atoms with Crippen LogP contribution in [0.1, 0.15) is 89.0 Å². The molecule has 0 aliphatic heterocycles. The highest BCUT2D eigenvalue weighted by Gasteiger charge is 2.34. The lowest BCUT2D eigenvalue weighted by Gasteiger charge is -2.40. The number of hydrogen-bond acceptors (Lipinski definition) is 3. The Morgan fingerprint density at radius 1 is 0.806 bits per heavy atom. The Kier molecular flexibility index (Phi) is 7.65. The molecule has 2 unspecified atom stereocenters. The number of benzene rings is 1. The molecule has 3 aliphatic rings. The number of carbonyl (C=O) groups is 2. The number of nitrogens with one attached hydrogen (secondary N) is 1. The molecule has 1 aromatic rings. The van der Waals surface area contributed by atoms with Gasteiger partial charge in [0.1, 0.15) is 0 Å². The molecular formula is C26H39N3O2. The Morgan fingerprint density at radius 2 is 1.39 bits per heavy atom. The van der Waals surface area contributed by atoms with Crippen LogP contribution in [0.2, 0.25) is 0 Å². The van der Waals surface area contributed by atoms with Crippen molar-refractivity contribution in [1.29, 1.82) is 0 Å². The third-order valence-corrected chi connectivity index (χ3v) is 7.72. The van der Waals surface area contributed by atoms with Crippen LogP contribution in [0, 0.1) is 11.8 Å². The van der Waals surface area contributed by atoms with E-state index >= 15 is 0 Å². The molecule has 170 valence electrons. The maximum atomic E-state index is 13.5. The molecule has 3 N–H and O–H groups in total. The van der Waals surface area contributed by atoms with E-state index in [4.69, 9.17) is 5.73 Å². The van der Waals surface area contributed by atoms with E-state index < -0.39 is 0 Å². The minimum atomic E-state index is 0.0752. The Balaban J connectivity index is 1.44. The molecule has 3 fully saturated rings. The van der Waals surface area contributed by atoms with Gasteiger partial charge in [-0.25, -0.2) is 0 Å². The largest absolute Gasteiger partial charge is 0.334 e. The van der Waals surface area contributed by atoms with Gasteiger partial charge in [-0.1, -0.05) is 57.1 Å². The monoisotopic (exact) mass is 425 g/mol. The SMILES string of the molecule is NC1CCCCC1N(Cc1ccc(NC(=O)C2CCCC2)cc1)C(=O)C1CCCCC1. The molecule has 31 heavy (non-hydrogen) atoms. The zero-order valence-electron chi connectivity index (χ0n) is 18.9. The molecule has 0 bridgehead atoms. The highest BCUT2D eigenvalue weighted by atomic mass is 16.2. The molecule has 0 saturated heterocycles. The van der Waals surface area contributed by atoms with Gasteiger partial charge in [-0.15, -0.1) is 0 Å². The standard InChI is InChI=1S/C26H39N3O2/c27-23-12-6-7-13-24(23)29(26(31)21-10-2-1-3-11-21)18-19-14-16-22(17-15-19)28-25(30)20-8-4-5-9-20/h14-17,20-21,23-24H,1-13,18,27H2,(H,28,30). The van der Waals surface area contributed by atoms with E-state index in [0.717, 1.165) is 81.9 Å². The molecule has 4 rings (SSSR count). The van der Waals surface area contributed by atoms with E-state index in [-0.39, 0.29) is 29.8 Å². The molecule has 2 amide bonds. The summed E-state index contributed by atoms with van der Waals surface area (Å²) >= 11 is 0. The maximum Gasteiger partial charge on any atom is 0.227 e. The van der Waals surface area contributed by atoms with Gasteiger partial charge in [0.25, 0.3) is 0 Å². The van der Waals surface area contributed by atoms with Gasteiger partial charge in [0.05, 0.1) is 0 Å². The Morgan fingerprint density at radius 3 is 2.06 bits per heavy atom. The van der Waals surface area contributed by atoms with E-state index in [9.17, 15) is 9.59 Å². The molecule has 0 aromatic heterocycles. The fourth-order valence-electron chi connectivity index (χ4n) is 5.79. The van der Waals surface area contributed by atoms with Crippen LogP contribution in [0.4, 0.5) is 5.69 Å². The normalized spacial score (nSPS) is 25.3. The minimum Gasteiger partial charge on any atom is -0.334 e. The van der Waals surface area contributed by atoms with E-state index in [0.29, 0.717) is 12.5 Å². The van der Waals surface area contributed by atoms with Crippen molar-refractivity contribution in [2.75, 3.05) is 5.32 Å². The lowest BCUT2D eigenvalue weighted by Crippen LogP contribution is -2.53. The second-order valence-corrected chi connectivity index (χ2v) is 9.98. The molecule has 0 spiro atoms. The summed E-state index contributed by atoms with van der Waals surface area (Å²) in [5.74, 6) is 0.775. The Hall–Kier alpha value is -1.88. The van der Waals surface area contributed by atoms with Gasteiger partial charge in [-0.05, 0) is 56.2 Å². The van der Waals surface area contributed by atoms with Gasteiger partial charge in [-0.2, -0.15) is 0 Å². The van der Waals surface area contributed by atoms with Crippen LogP contribution in [0.15, 0.2) is 24.3 Å². The highest BCUT2D eigenvalue weighted by molar-refractivity contribution is 5.92. The lowest BCUT2D eigenvalue weighted by molar-refractivity contribution is -0.141. The molecule has 3 aliphatic carbocycles. The summed E-state index contributed by atoms with van der Waals surface area (Å²) in [5.41, 5.74) is 8.46. The summed E-state index contributed by atoms with van der Waals surface area (Å²) in [7, 11) is 0. The van der Waals surface area contributed by atoms with Crippen molar-refractivity contribution in [3.8, 4) is 0 Å². The average molecular weight is 426 g/mol. The number of hydrogen-bond donors (Lipinski definition) is 2. The summed E-state index contributed by atoms with van der Waals surface area (Å²) in [4.78, 5) is 28.0. The van der Waals surface area contributed by atoms with E-state index in [1.165, 1.54) is 12.8 Å². The smallest absolute Gasteiger partial charge is 0.227 e. The van der Waals surface area contributed by atoms with Gasteiger partial charge in [0.15, 0.2) is 0 Å². The third-order valence-electron chi connectivity index (χ3n) is 7.72. The molecule has 1 aromatic carbocycles. The first-order valence-corrected chi connectivity index (χ1v) is 12.6. The summed E-state index contributed by atoms with van der Waals surface area (Å²) in [5, 5.41) is 3.07. The lowest BCUT2D eigenvalue weighted by atomic mass is 9.85. The quantitative estimate of drug-likeness (QED) is 0.674. The van der Waals surface area contributed by atoms with Crippen LogP contribution < -0.4 is 11.1 Å². The summed E-state index contributed by atoms with van der Waals surface area (Å²) in [6.45, 7) is 0.616. The summed E-state index contributed by atoms with van der Waals surface area (Å²) in [6, 6.07) is 8.29. The van der Waals surface area contributed by atoms with E-state index in [2.05, 4.69) is 22.3 Å². The van der Waals surface area contributed by atoms with Gasteiger partial charge in [0.2, 0.25) is 11.8 Å². The average Bonchev–Trinajstić information content (AvgIpc) is 3.35. The molecule has 0 radical (unpaired) electrons. The number of rotatable bonds is 6. The fourth-order valence-corrected chi connectivity index (χ4v) is 5.79. The maximum absolute atomic E-state index is 13.5. The van der Waals surface area contributed by atoms with Gasteiger partial charge < -0.3 is 16.0 Å². The van der Waals surface area contributed by atoms with Gasteiger partial charge in [-0.3, -0.25) is 9.59 Å². The predicted molar refractivity (Wildman–Crippen MR) is 124 cm³/mol. The molecule has 5 heteroatoms. The van der Waals surface area contributed by atoms with Crippen molar-refractivity contribution < 1.29 is 9.59 Å². The number of nitrogens with two attached hydrogens (primary N) is 1. The number of carbonyl (C=O) groups excluding carboxylic acids is 2. The number of anilines is 1. The topological polar surface area (TPSA) is 75.4 Å². The van der Waals surface area contributed by atoms with Crippen LogP contribution in [0.3, 0.4) is 0 Å². The molecule has 3 saturated carbocycles. The van der Waals surface area contributed by atoms with Crippen molar-refractivity contribution >= 4 is 17.5 Å². The first kappa shape index (κ1) is 22.3. The number of amides is 2. The summed E-state index contributed by atoms with van der Waals surface area (Å²) in [6.07, 6.45) is 14.3. The Bertz CT molecular complexity index is 736. The third kappa shape index (κ3) is 5.68. The first-order valence-electron chi connectivity index (χ1n) is 12.6. The van der Waals surface area contributed by atoms with Crippen LogP contribution in [-0.4, -0.2) is 28.8 Å². The Labute approximate surface area is 187 Å².